The minimum absolute atomic E-state index is 0.736. The minimum atomic E-state index is 0.736. The molecule has 4 heteroatoms. The van der Waals surface area contributed by atoms with Gasteiger partial charge in [0, 0.05) is 18.7 Å². The Morgan fingerprint density at radius 3 is 2.89 bits per heavy atom. The van der Waals surface area contributed by atoms with Gasteiger partial charge in [-0.25, -0.2) is 4.98 Å². The summed E-state index contributed by atoms with van der Waals surface area (Å²) in [5.74, 6) is 1.72. The average Bonchev–Trinajstić information content (AvgIpc) is 2.44. The van der Waals surface area contributed by atoms with Gasteiger partial charge in [-0.1, -0.05) is 31.5 Å². The van der Waals surface area contributed by atoms with E-state index in [1.54, 1.807) is 0 Å². The number of anilines is 2. The minimum Gasteiger partial charge on any atom is -0.324 e. The van der Waals surface area contributed by atoms with E-state index in [-0.39, 0.29) is 0 Å². The lowest BCUT2D eigenvalue weighted by Crippen LogP contribution is -2.27. The molecule has 0 unspecified atom stereocenters. The molecule has 3 rings (SSSR count). The van der Waals surface area contributed by atoms with Crippen molar-refractivity contribution in [2.45, 2.75) is 33.1 Å². The summed E-state index contributed by atoms with van der Waals surface area (Å²) >= 11 is 0. The van der Waals surface area contributed by atoms with E-state index in [0.29, 0.717) is 0 Å². The van der Waals surface area contributed by atoms with Gasteiger partial charge in [-0.05, 0) is 25.0 Å². The molecule has 2 heterocycles. The molecule has 1 aliphatic heterocycles. The number of rotatable bonds is 3. The summed E-state index contributed by atoms with van der Waals surface area (Å²) in [6.45, 7) is 5.09. The summed E-state index contributed by atoms with van der Waals surface area (Å²) in [6.07, 6.45) is 3.15. The Bertz CT molecular complexity index is 594. The second-order valence-electron chi connectivity index (χ2n) is 4.94. The molecule has 19 heavy (non-hydrogen) atoms. The fourth-order valence-electron chi connectivity index (χ4n) is 2.51. The number of benzene rings is 1. The number of nitrogens with zero attached hydrogens (tertiary/aromatic N) is 4. The molecule has 0 N–H and O–H groups in total. The van der Waals surface area contributed by atoms with Crippen molar-refractivity contribution in [1.82, 2.24) is 15.2 Å². The Kier molecular flexibility index (Phi) is 3.15. The van der Waals surface area contributed by atoms with Gasteiger partial charge in [-0.3, -0.25) is 0 Å². The van der Waals surface area contributed by atoms with Gasteiger partial charge in [0.25, 0.3) is 0 Å². The maximum Gasteiger partial charge on any atom is 0.159 e. The quantitative estimate of drug-likeness (QED) is 0.844. The summed E-state index contributed by atoms with van der Waals surface area (Å²) in [5.41, 5.74) is 3.56. The van der Waals surface area contributed by atoms with Crippen LogP contribution in [0, 0.1) is 6.92 Å². The zero-order chi connectivity index (χ0) is 13.2. The van der Waals surface area contributed by atoms with Gasteiger partial charge in [-0.15, -0.1) is 10.2 Å². The lowest BCUT2D eigenvalue weighted by molar-refractivity contribution is 0.744. The van der Waals surface area contributed by atoms with Crippen molar-refractivity contribution in [2.75, 3.05) is 11.4 Å². The van der Waals surface area contributed by atoms with Crippen LogP contribution in [0.4, 0.5) is 11.5 Å². The Morgan fingerprint density at radius 2 is 2.05 bits per heavy atom. The zero-order valence-electron chi connectivity index (χ0n) is 11.4. The maximum atomic E-state index is 4.60. The fourth-order valence-corrected chi connectivity index (χ4v) is 2.51. The smallest absolute Gasteiger partial charge is 0.159 e. The van der Waals surface area contributed by atoms with Gasteiger partial charge in [0.1, 0.15) is 11.5 Å². The van der Waals surface area contributed by atoms with E-state index in [4.69, 9.17) is 0 Å². The molecular weight excluding hydrogens is 236 g/mol. The Labute approximate surface area is 113 Å². The molecule has 1 aliphatic rings. The van der Waals surface area contributed by atoms with Crippen LogP contribution < -0.4 is 4.90 Å². The molecule has 98 valence electrons. The van der Waals surface area contributed by atoms with Gasteiger partial charge in [0.2, 0.25) is 0 Å². The number of aryl methyl sites for hydroxylation is 1. The monoisotopic (exact) mass is 254 g/mol. The molecule has 0 spiro atoms. The van der Waals surface area contributed by atoms with Crippen LogP contribution in [0.25, 0.3) is 0 Å². The van der Waals surface area contributed by atoms with E-state index < -0.39 is 0 Å². The van der Waals surface area contributed by atoms with Crippen LogP contribution in [-0.4, -0.2) is 21.7 Å². The highest BCUT2D eigenvalue weighted by atomic mass is 15.3. The molecule has 0 atom stereocenters. The standard InChI is InChI=1S/C15H18N4/c1-3-4-9-19-14-8-6-5-7-12(14)10-13-15(19)16-11(2)17-18-13/h5-8H,3-4,9-10H2,1-2H3. The highest BCUT2D eigenvalue weighted by Crippen LogP contribution is 2.36. The van der Waals surface area contributed by atoms with Gasteiger partial charge >= 0.3 is 0 Å². The van der Waals surface area contributed by atoms with Gasteiger partial charge < -0.3 is 4.90 Å². The molecule has 0 saturated heterocycles. The van der Waals surface area contributed by atoms with Gasteiger partial charge in [0.05, 0.1) is 0 Å². The van der Waals surface area contributed by atoms with Crippen molar-refractivity contribution in [2.24, 2.45) is 0 Å². The third-order valence-electron chi connectivity index (χ3n) is 3.47. The number of hydrogen-bond acceptors (Lipinski definition) is 4. The van der Waals surface area contributed by atoms with Crippen molar-refractivity contribution < 1.29 is 0 Å². The van der Waals surface area contributed by atoms with Crippen molar-refractivity contribution in [3.63, 3.8) is 0 Å². The Balaban J connectivity index is 2.08. The summed E-state index contributed by atoms with van der Waals surface area (Å²) in [5, 5.41) is 8.41. The third-order valence-corrected chi connectivity index (χ3v) is 3.47. The molecule has 0 saturated carbocycles. The van der Waals surface area contributed by atoms with E-state index in [1.807, 2.05) is 6.92 Å². The molecule has 1 aromatic carbocycles. The first-order valence-electron chi connectivity index (χ1n) is 6.85. The lowest BCUT2D eigenvalue weighted by Gasteiger charge is -2.31. The van der Waals surface area contributed by atoms with E-state index in [1.165, 1.54) is 17.7 Å². The van der Waals surface area contributed by atoms with Gasteiger partial charge in [0.15, 0.2) is 5.82 Å². The average molecular weight is 254 g/mol. The number of unbranched alkanes of at least 4 members (excludes halogenated alkanes) is 1. The van der Waals surface area contributed by atoms with E-state index in [0.717, 1.165) is 36.7 Å². The summed E-state index contributed by atoms with van der Waals surface area (Å²) in [6, 6.07) is 8.51. The maximum absolute atomic E-state index is 4.60. The third kappa shape index (κ3) is 2.18. The number of hydrogen-bond donors (Lipinski definition) is 0. The highest BCUT2D eigenvalue weighted by molar-refractivity contribution is 5.70. The van der Waals surface area contributed by atoms with Crippen molar-refractivity contribution in [3.8, 4) is 0 Å². The second kappa shape index (κ2) is 4.96. The molecule has 0 radical (unpaired) electrons. The molecule has 0 fully saturated rings. The van der Waals surface area contributed by atoms with Crippen LogP contribution in [0.5, 0.6) is 0 Å². The number of para-hydroxylation sites is 1. The highest BCUT2D eigenvalue weighted by Gasteiger charge is 2.24. The zero-order valence-corrected chi connectivity index (χ0v) is 11.4. The van der Waals surface area contributed by atoms with E-state index >= 15 is 0 Å². The first-order valence-corrected chi connectivity index (χ1v) is 6.85. The predicted molar refractivity (Wildman–Crippen MR) is 75.7 cm³/mol. The van der Waals surface area contributed by atoms with Crippen LogP contribution in [-0.2, 0) is 6.42 Å². The Morgan fingerprint density at radius 1 is 1.21 bits per heavy atom. The van der Waals surface area contributed by atoms with Crippen LogP contribution >= 0.6 is 0 Å². The van der Waals surface area contributed by atoms with E-state index in [2.05, 4.69) is 51.3 Å². The topological polar surface area (TPSA) is 41.9 Å². The fraction of sp³-hybridized carbons (Fsp3) is 0.400. The molecule has 0 aliphatic carbocycles. The van der Waals surface area contributed by atoms with Crippen molar-refractivity contribution in [1.29, 1.82) is 0 Å². The summed E-state index contributed by atoms with van der Waals surface area (Å²) in [7, 11) is 0. The van der Waals surface area contributed by atoms with Crippen LogP contribution in [0.2, 0.25) is 0 Å². The van der Waals surface area contributed by atoms with Gasteiger partial charge in [-0.2, -0.15) is 0 Å². The van der Waals surface area contributed by atoms with Crippen molar-refractivity contribution in [3.05, 3.63) is 41.3 Å². The first-order chi connectivity index (χ1) is 9.29. The first kappa shape index (κ1) is 12.1. The number of aromatic nitrogens is 3. The molecule has 0 bridgehead atoms. The normalized spacial score (nSPS) is 13.1. The molecule has 0 amide bonds. The molecule has 2 aromatic rings. The largest absolute Gasteiger partial charge is 0.324 e. The van der Waals surface area contributed by atoms with Crippen LogP contribution in [0.15, 0.2) is 24.3 Å². The van der Waals surface area contributed by atoms with Crippen LogP contribution in [0.3, 0.4) is 0 Å². The number of fused-ring (bicyclic) bond motifs is 2. The second-order valence-corrected chi connectivity index (χ2v) is 4.94. The van der Waals surface area contributed by atoms with E-state index in [9.17, 15) is 0 Å². The molecular formula is C15H18N4. The Hall–Kier alpha value is -1.97. The molecule has 4 nitrogen and oxygen atoms in total. The molecule has 1 aromatic heterocycles. The predicted octanol–water partition coefficient (Wildman–Crippen LogP) is 3.02. The SMILES string of the molecule is CCCCN1c2ccccc2Cc2nnc(C)nc21. The summed E-state index contributed by atoms with van der Waals surface area (Å²) in [4.78, 5) is 6.89. The van der Waals surface area contributed by atoms with Crippen molar-refractivity contribution >= 4 is 11.5 Å². The van der Waals surface area contributed by atoms with Crippen LogP contribution in [0.1, 0.15) is 36.8 Å². The summed E-state index contributed by atoms with van der Waals surface area (Å²) < 4.78 is 0. The lowest BCUT2D eigenvalue weighted by atomic mass is 10.0.